The summed E-state index contributed by atoms with van der Waals surface area (Å²) in [4.78, 5) is 26.2. The van der Waals surface area contributed by atoms with Crippen LogP contribution < -0.4 is 5.32 Å². The zero-order chi connectivity index (χ0) is 15.4. The van der Waals surface area contributed by atoms with Crippen molar-refractivity contribution < 1.29 is 9.59 Å². The van der Waals surface area contributed by atoms with E-state index in [1.54, 1.807) is 25.2 Å². The first-order chi connectivity index (χ1) is 10.0. The molecule has 6 heteroatoms. The molecule has 114 valence electrons. The molecule has 1 unspecified atom stereocenters. The Kier molecular flexibility index (Phi) is 5.62. The van der Waals surface area contributed by atoms with E-state index in [1.807, 2.05) is 4.90 Å². The summed E-state index contributed by atoms with van der Waals surface area (Å²) < 4.78 is 0. The Morgan fingerprint density at radius 2 is 2.05 bits per heavy atom. The van der Waals surface area contributed by atoms with Crippen molar-refractivity contribution in [3.8, 4) is 0 Å². The van der Waals surface area contributed by atoms with E-state index >= 15 is 0 Å². The third kappa shape index (κ3) is 3.96. The lowest BCUT2D eigenvalue weighted by Gasteiger charge is -2.33. The van der Waals surface area contributed by atoms with Crippen molar-refractivity contribution in [3.63, 3.8) is 0 Å². The van der Waals surface area contributed by atoms with E-state index in [0.717, 1.165) is 25.8 Å². The van der Waals surface area contributed by atoms with Gasteiger partial charge in [0, 0.05) is 12.6 Å². The lowest BCUT2D eigenvalue weighted by Crippen LogP contribution is -2.50. The second-order valence-electron chi connectivity index (χ2n) is 5.15. The van der Waals surface area contributed by atoms with Crippen molar-refractivity contribution in [3.05, 3.63) is 33.8 Å². The van der Waals surface area contributed by atoms with Crippen LogP contribution in [0, 0.1) is 0 Å². The van der Waals surface area contributed by atoms with E-state index in [4.69, 9.17) is 23.2 Å². The lowest BCUT2D eigenvalue weighted by molar-refractivity contribution is -0.126. The van der Waals surface area contributed by atoms with Crippen LogP contribution in [0.15, 0.2) is 18.2 Å². The normalized spacial score (nSPS) is 19.3. The smallest absolute Gasteiger partial charge is 0.237 e. The largest absolute Gasteiger partial charge is 0.358 e. The van der Waals surface area contributed by atoms with Crippen molar-refractivity contribution in [1.82, 2.24) is 10.2 Å². The number of carbonyl (C=O) groups excluding carboxylic acids is 2. The van der Waals surface area contributed by atoms with Gasteiger partial charge in [0.05, 0.1) is 22.6 Å². The fourth-order valence-corrected chi connectivity index (χ4v) is 2.89. The molecule has 0 bridgehead atoms. The molecule has 1 amide bonds. The minimum absolute atomic E-state index is 0.0309. The Morgan fingerprint density at radius 3 is 2.71 bits per heavy atom. The summed E-state index contributed by atoms with van der Waals surface area (Å²) in [6.07, 6.45) is 2.80. The molecule has 0 saturated carbocycles. The maximum Gasteiger partial charge on any atom is 0.237 e. The molecule has 1 aromatic rings. The van der Waals surface area contributed by atoms with E-state index in [2.05, 4.69) is 5.32 Å². The summed E-state index contributed by atoms with van der Waals surface area (Å²) >= 11 is 11.8. The number of amides is 1. The number of nitrogens with one attached hydrogen (secondary N) is 1. The number of benzene rings is 1. The van der Waals surface area contributed by atoms with Crippen molar-refractivity contribution in [2.45, 2.75) is 25.3 Å². The molecule has 0 aromatic heterocycles. The first kappa shape index (κ1) is 16.3. The van der Waals surface area contributed by atoms with Gasteiger partial charge >= 0.3 is 0 Å². The van der Waals surface area contributed by atoms with Gasteiger partial charge in [-0.05, 0) is 37.6 Å². The predicted octanol–water partition coefficient (Wildman–Crippen LogP) is 2.78. The molecule has 1 aliphatic heterocycles. The Labute approximate surface area is 134 Å². The van der Waals surface area contributed by atoms with Crippen LogP contribution in [0.4, 0.5) is 0 Å². The van der Waals surface area contributed by atoms with Crippen molar-refractivity contribution >= 4 is 34.9 Å². The minimum atomic E-state index is -0.226. The number of hydrogen-bond donors (Lipinski definition) is 1. The Morgan fingerprint density at radius 1 is 1.29 bits per heavy atom. The van der Waals surface area contributed by atoms with Gasteiger partial charge in [-0.2, -0.15) is 0 Å². The summed E-state index contributed by atoms with van der Waals surface area (Å²) in [6, 6.07) is 4.62. The van der Waals surface area contributed by atoms with Crippen LogP contribution >= 0.6 is 23.2 Å². The zero-order valence-electron chi connectivity index (χ0n) is 11.9. The predicted molar refractivity (Wildman–Crippen MR) is 84.1 cm³/mol. The highest BCUT2D eigenvalue weighted by Gasteiger charge is 2.29. The molecule has 1 atom stereocenters. The van der Waals surface area contributed by atoms with Crippen LogP contribution in [0.5, 0.6) is 0 Å². The fraction of sp³-hybridized carbons (Fsp3) is 0.467. The fourth-order valence-electron chi connectivity index (χ4n) is 2.59. The molecule has 1 saturated heterocycles. The van der Waals surface area contributed by atoms with Crippen molar-refractivity contribution in [2.75, 3.05) is 20.1 Å². The number of halogens is 2. The average Bonchev–Trinajstić information content (AvgIpc) is 2.49. The first-order valence-corrected chi connectivity index (χ1v) is 7.72. The van der Waals surface area contributed by atoms with Gasteiger partial charge in [0.1, 0.15) is 0 Å². The van der Waals surface area contributed by atoms with Gasteiger partial charge in [-0.25, -0.2) is 0 Å². The number of likely N-dealkylation sites (tertiary alicyclic amines) is 1. The van der Waals surface area contributed by atoms with Crippen LogP contribution in [0.1, 0.15) is 29.6 Å². The van der Waals surface area contributed by atoms with Crippen molar-refractivity contribution in [1.29, 1.82) is 0 Å². The molecule has 1 aromatic carbocycles. The van der Waals surface area contributed by atoms with Gasteiger partial charge in [-0.1, -0.05) is 29.6 Å². The number of Topliss-reactive ketones (excluding diaryl/α,β-unsaturated/α-hetero) is 1. The summed E-state index contributed by atoms with van der Waals surface area (Å²) in [6.45, 7) is 0.973. The number of carbonyl (C=O) groups is 2. The number of hydrogen-bond acceptors (Lipinski definition) is 3. The first-order valence-electron chi connectivity index (χ1n) is 6.97. The Bertz CT molecular complexity index is 548. The zero-order valence-corrected chi connectivity index (χ0v) is 13.4. The summed E-state index contributed by atoms with van der Waals surface area (Å²) in [5, 5.41) is 3.45. The number of rotatable bonds is 4. The molecular formula is C15H18Cl2N2O2. The number of nitrogens with zero attached hydrogens (tertiary/aromatic N) is 1. The van der Waals surface area contributed by atoms with Gasteiger partial charge < -0.3 is 5.32 Å². The highest BCUT2D eigenvalue weighted by Crippen LogP contribution is 2.23. The molecule has 21 heavy (non-hydrogen) atoms. The molecule has 4 nitrogen and oxygen atoms in total. The number of piperidine rings is 1. The van der Waals surface area contributed by atoms with Gasteiger partial charge in [-0.3, -0.25) is 14.5 Å². The molecule has 0 radical (unpaired) electrons. The lowest BCUT2D eigenvalue weighted by atomic mass is 10.00. The van der Waals surface area contributed by atoms with Crippen molar-refractivity contribution in [2.24, 2.45) is 0 Å². The number of ketones is 1. The molecule has 0 aliphatic carbocycles. The van der Waals surface area contributed by atoms with E-state index in [0.29, 0.717) is 15.6 Å². The van der Waals surface area contributed by atoms with Crippen LogP contribution in [0.3, 0.4) is 0 Å². The third-order valence-electron chi connectivity index (χ3n) is 3.75. The molecule has 1 N–H and O–H groups in total. The number of likely N-dealkylation sites (N-methyl/N-ethyl adjacent to an activating group) is 1. The van der Waals surface area contributed by atoms with Crippen LogP contribution in [-0.4, -0.2) is 42.8 Å². The highest BCUT2D eigenvalue weighted by molar-refractivity contribution is 6.42. The van der Waals surface area contributed by atoms with Gasteiger partial charge in [-0.15, -0.1) is 0 Å². The third-order valence-corrected chi connectivity index (χ3v) is 4.49. The van der Waals surface area contributed by atoms with E-state index < -0.39 is 0 Å². The molecule has 1 heterocycles. The van der Waals surface area contributed by atoms with Gasteiger partial charge in [0.15, 0.2) is 5.78 Å². The van der Waals surface area contributed by atoms with Crippen LogP contribution in [-0.2, 0) is 4.79 Å². The molecule has 1 aliphatic rings. The van der Waals surface area contributed by atoms with Crippen LogP contribution in [0.2, 0.25) is 10.0 Å². The second-order valence-corrected chi connectivity index (χ2v) is 5.96. The Balaban J connectivity index is 2.09. The maximum atomic E-state index is 12.4. The monoisotopic (exact) mass is 328 g/mol. The van der Waals surface area contributed by atoms with Crippen LogP contribution in [0.25, 0.3) is 0 Å². The summed E-state index contributed by atoms with van der Waals surface area (Å²) in [5.41, 5.74) is 0.519. The quantitative estimate of drug-likeness (QED) is 0.864. The SMILES string of the molecule is CNC(=O)C1CCCCN1CC(=O)c1ccc(Cl)c(Cl)c1. The Hall–Kier alpha value is -1.10. The molecule has 1 fully saturated rings. The van der Waals surface area contributed by atoms with E-state index in [1.165, 1.54) is 0 Å². The molecule has 0 spiro atoms. The topological polar surface area (TPSA) is 49.4 Å². The van der Waals surface area contributed by atoms with E-state index in [9.17, 15) is 9.59 Å². The highest BCUT2D eigenvalue weighted by atomic mass is 35.5. The van der Waals surface area contributed by atoms with E-state index in [-0.39, 0.29) is 24.3 Å². The average molecular weight is 329 g/mol. The van der Waals surface area contributed by atoms with Gasteiger partial charge in [0.25, 0.3) is 0 Å². The maximum absolute atomic E-state index is 12.4. The molecule has 2 rings (SSSR count). The molecular weight excluding hydrogens is 311 g/mol. The minimum Gasteiger partial charge on any atom is -0.358 e. The second kappa shape index (κ2) is 7.25. The summed E-state index contributed by atoms with van der Waals surface area (Å²) in [7, 11) is 1.62. The standard InChI is InChI=1S/C15H18Cl2N2O2/c1-18-15(21)13-4-2-3-7-19(13)9-14(20)10-5-6-11(16)12(17)8-10/h5-6,8,13H,2-4,7,9H2,1H3,(H,18,21). The van der Waals surface area contributed by atoms with Gasteiger partial charge in [0.2, 0.25) is 5.91 Å². The summed E-state index contributed by atoms with van der Waals surface area (Å²) in [5.74, 6) is -0.0824.